The minimum absolute atomic E-state index is 0.125. The van der Waals surface area contributed by atoms with Crippen LogP contribution < -0.4 is 27.8 Å². The van der Waals surface area contributed by atoms with Crippen molar-refractivity contribution in [1.82, 2.24) is 10.6 Å². The lowest BCUT2D eigenvalue weighted by Gasteiger charge is -2.22. The van der Waals surface area contributed by atoms with Gasteiger partial charge in [-0.3, -0.25) is 14.4 Å². The molecule has 0 aromatic heterocycles. The van der Waals surface area contributed by atoms with Crippen LogP contribution in [-0.4, -0.2) is 65.2 Å². The van der Waals surface area contributed by atoms with E-state index in [1.165, 1.54) is 0 Å². The number of amides is 3. The van der Waals surface area contributed by atoms with Gasteiger partial charge in [-0.05, 0) is 25.8 Å². The molecule has 25 heavy (non-hydrogen) atoms. The molecule has 3 atom stereocenters. The standard InChI is InChI=1S/C14H27N5O6/c15-6-2-1-3-8(16)12(22)18-9(4-5-11(17)21)13(23)19-10(7-20)14(24)25/h8-10,20H,1-7,15-16H2,(H2,17,21)(H,18,22)(H,19,23)(H,24,25)/t8-,9-,10-/m0/s1. The Morgan fingerprint density at radius 3 is 2.04 bits per heavy atom. The zero-order valence-electron chi connectivity index (χ0n) is 13.9. The van der Waals surface area contributed by atoms with Gasteiger partial charge in [0.2, 0.25) is 17.7 Å². The SMILES string of the molecule is NCCCC[C@H](N)C(=O)N[C@@H](CCC(N)=O)C(=O)N[C@@H](CO)C(=O)O. The summed E-state index contributed by atoms with van der Waals surface area (Å²) in [5.41, 5.74) is 16.1. The minimum atomic E-state index is -1.53. The Morgan fingerprint density at radius 2 is 1.56 bits per heavy atom. The van der Waals surface area contributed by atoms with Crippen LogP contribution in [0, 0.1) is 0 Å². The number of aliphatic carboxylic acids is 1. The maximum atomic E-state index is 12.1. The van der Waals surface area contributed by atoms with Crippen molar-refractivity contribution in [1.29, 1.82) is 0 Å². The Balaban J connectivity index is 4.85. The Bertz CT molecular complexity index is 473. The summed E-state index contributed by atoms with van der Waals surface area (Å²) >= 11 is 0. The molecule has 0 aromatic carbocycles. The summed E-state index contributed by atoms with van der Waals surface area (Å²) in [5, 5.41) is 22.2. The fraction of sp³-hybridized carbons (Fsp3) is 0.714. The van der Waals surface area contributed by atoms with E-state index in [0.717, 1.165) is 0 Å². The summed E-state index contributed by atoms with van der Waals surface area (Å²) < 4.78 is 0. The number of rotatable bonds is 13. The molecule has 0 saturated carbocycles. The molecule has 0 aliphatic carbocycles. The van der Waals surface area contributed by atoms with E-state index in [1.807, 2.05) is 0 Å². The van der Waals surface area contributed by atoms with Gasteiger partial charge in [-0.1, -0.05) is 6.42 Å². The molecule has 0 fully saturated rings. The Morgan fingerprint density at radius 1 is 0.960 bits per heavy atom. The van der Waals surface area contributed by atoms with Gasteiger partial charge in [0.25, 0.3) is 0 Å². The lowest BCUT2D eigenvalue weighted by molar-refractivity contribution is -0.143. The van der Waals surface area contributed by atoms with Crippen molar-refractivity contribution < 1.29 is 29.4 Å². The van der Waals surface area contributed by atoms with Crippen LogP contribution in [0.15, 0.2) is 0 Å². The number of carboxylic acid groups (broad SMARTS) is 1. The second kappa shape index (κ2) is 12.2. The molecule has 0 aliphatic heterocycles. The lowest BCUT2D eigenvalue weighted by Crippen LogP contribution is -2.55. The summed E-state index contributed by atoms with van der Waals surface area (Å²) in [7, 11) is 0. The summed E-state index contributed by atoms with van der Waals surface area (Å²) in [4.78, 5) is 46.0. The van der Waals surface area contributed by atoms with E-state index in [9.17, 15) is 19.2 Å². The average Bonchev–Trinajstić information content (AvgIpc) is 2.55. The maximum absolute atomic E-state index is 12.1. The smallest absolute Gasteiger partial charge is 0.328 e. The first kappa shape index (κ1) is 22.8. The molecule has 144 valence electrons. The van der Waals surface area contributed by atoms with Crippen LogP contribution in [0.1, 0.15) is 32.1 Å². The number of unbranched alkanes of at least 4 members (excludes halogenated alkanes) is 1. The number of carbonyl (C=O) groups excluding carboxylic acids is 3. The van der Waals surface area contributed by atoms with Gasteiger partial charge in [0.1, 0.15) is 12.1 Å². The third-order valence-corrected chi connectivity index (χ3v) is 3.42. The highest BCUT2D eigenvalue weighted by Gasteiger charge is 2.27. The molecule has 0 rings (SSSR count). The normalized spacial score (nSPS) is 14.2. The van der Waals surface area contributed by atoms with Gasteiger partial charge >= 0.3 is 5.97 Å². The zero-order valence-corrected chi connectivity index (χ0v) is 13.9. The van der Waals surface area contributed by atoms with Crippen molar-refractivity contribution in [3.05, 3.63) is 0 Å². The van der Waals surface area contributed by atoms with E-state index in [0.29, 0.717) is 25.8 Å². The number of nitrogens with two attached hydrogens (primary N) is 3. The average molecular weight is 361 g/mol. The molecule has 0 aliphatic rings. The molecule has 0 saturated heterocycles. The van der Waals surface area contributed by atoms with Gasteiger partial charge in [0.15, 0.2) is 0 Å². The van der Waals surface area contributed by atoms with Crippen LogP contribution in [0.3, 0.4) is 0 Å². The molecule has 11 heteroatoms. The number of primary amides is 1. The fourth-order valence-corrected chi connectivity index (χ4v) is 1.93. The highest BCUT2D eigenvalue weighted by Crippen LogP contribution is 2.02. The van der Waals surface area contributed by atoms with Gasteiger partial charge in [-0.2, -0.15) is 0 Å². The largest absolute Gasteiger partial charge is 0.480 e. The van der Waals surface area contributed by atoms with E-state index in [1.54, 1.807) is 0 Å². The molecule has 0 radical (unpaired) electrons. The van der Waals surface area contributed by atoms with E-state index in [4.69, 9.17) is 27.4 Å². The molecule has 10 N–H and O–H groups in total. The zero-order chi connectivity index (χ0) is 19.4. The van der Waals surface area contributed by atoms with Crippen molar-refractivity contribution in [2.24, 2.45) is 17.2 Å². The Labute approximate surface area is 145 Å². The molecular weight excluding hydrogens is 334 g/mol. The van der Waals surface area contributed by atoms with Crippen molar-refractivity contribution in [2.75, 3.05) is 13.2 Å². The lowest BCUT2D eigenvalue weighted by atomic mass is 10.1. The van der Waals surface area contributed by atoms with Crippen LogP contribution >= 0.6 is 0 Å². The first-order valence-corrected chi connectivity index (χ1v) is 7.91. The van der Waals surface area contributed by atoms with Gasteiger partial charge < -0.3 is 38.0 Å². The van der Waals surface area contributed by atoms with Gasteiger partial charge in [0.05, 0.1) is 12.6 Å². The number of hydrogen-bond acceptors (Lipinski definition) is 7. The monoisotopic (exact) mass is 361 g/mol. The summed E-state index contributed by atoms with van der Waals surface area (Å²) in [6.07, 6.45) is 1.37. The molecule has 0 spiro atoms. The molecule has 0 heterocycles. The second-order valence-corrected chi connectivity index (χ2v) is 5.54. The van der Waals surface area contributed by atoms with Crippen LogP contribution in [0.5, 0.6) is 0 Å². The number of nitrogens with one attached hydrogen (secondary N) is 2. The number of carbonyl (C=O) groups is 4. The van der Waals surface area contributed by atoms with E-state index in [-0.39, 0.29) is 12.8 Å². The molecule has 0 aromatic rings. The van der Waals surface area contributed by atoms with Crippen molar-refractivity contribution in [2.45, 2.75) is 50.2 Å². The molecule has 0 bridgehead atoms. The highest BCUT2D eigenvalue weighted by molar-refractivity contribution is 5.92. The number of aliphatic hydroxyl groups excluding tert-OH is 1. The van der Waals surface area contributed by atoms with Gasteiger partial charge in [0, 0.05) is 6.42 Å². The van der Waals surface area contributed by atoms with Gasteiger partial charge in [-0.15, -0.1) is 0 Å². The van der Waals surface area contributed by atoms with E-state index in [2.05, 4.69) is 10.6 Å². The highest BCUT2D eigenvalue weighted by atomic mass is 16.4. The van der Waals surface area contributed by atoms with Crippen LogP contribution in [0.25, 0.3) is 0 Å². The maximum Gasteiger partial charge on any atom is 0.328 e. The number of hydrogen-bond donors (Lipinski definition) is 7. The first-order valence-electron chi connectivity index (χ1n) is 7.91. The van der Waals surface area contributed by atoms with Crippen LogP contribution in [-0.2, 0) is 19.2 Å². The third kappa shape index (κ3) is 9.59. The van der Waals surface area contributed by atoms with E-state index < -0.39 is 48.4 Å². The predicted molar refractivity (Wildman–Crippen MR) is 87.9 cm³/mol. The quantitative estimate of drug-likeness (QED) is 0.165. The minimum Gasteiger partial charge on any atom is -0.480 e. The summed E-state index contributed by atoms with van der Waals surface area (Å²) in [5.74, 6) is -3.59. The first-order chi connectivity index (χ1) is 11.7. The summed E-state index contributed by atoms with van der Waals surface area (Å²) in [6, 6.07) is -3.60. The number of aliphatic hydroxyl groups is 1. The third-order valence-electron chi connectivity index (χ3n) is 3.42. The van der Waals surface area contributed by atoms with Crippen LogP contribution in [0.4, 0.5) is 0 Å². The Kier molecular flexibility index (Phi) is 11.1. The van der Waals surface area contributed by atoms with Crippen molar-refractivity contribution in [3.63, 3.8) is 0 Å². The van der Waals surface area contributed by atoms with E-state index >= 15 is 0 Å². The number of carboxylic acids is 1. The molecule has 3 amide bonds. The fourth-order valence-electron chi connectivity index (χ4n) is 1.93. The predicted octanol–water partition coefficient (Wildman–Crippen LogP) is -3.25. The van der Waals surface area contributed by atoms with Gasteiger partial charge in [-0.25, -0.2) is 4.79 Å². The summed E-state index contributed by atoms with van der Waals surface area (Å²) in [6.45, 7) is -0.355. The van der Waals surface area contributed by atoms with Crippen molar-refractivity contribution >= 4 is 23.7 Å². The molecule has 11 nitrogen and oxygen atoms in total. The van der Waals surface area contributed by atoms with Crippen molar-refractivity contribution in [3.8, 4) is 0 Å². The molecule has 0 unspecified atom stereocenters. The topological polar surface area (TPSA) is 211 Å². The second-order valence-electron chi connectivity index (χ2n) is 5.54. The van der Waals surface area contributed by atoms with Crippen LogP contribution in [0.2, 0.25) is 0 Å². The Hall–Kier alpha value is -2.24. The molecular formula is C14H27N5O6.